The zero-order valence-electron chi connectivity index (χ0n) is 9.93. The van der Waals surface area contributed by atoms with E-state index in [1.54, 1.807) is 4.90 Å². The number of hydrogen-bond acceptors (Lipinski definition) is 4. The molecule has 5 heteroatoms. The van der Waals surface area contributed by atoms with E-state index in [0.717, 1.165) is 5.57 Å². The summed E-state index contributed by atoms with van der Waals surface area (Å²) >= 11 is 0. The monoisotopic (exact) mass is 226 g/mol. The fourth-order valence-electron chi connectivity index (χ4n) is 1.37. The van der Waals surface area contributed by atoms with E-state index in [4.69, 9.17) is 9.94 Å². The van der Waals surface area contributed by atoms with Crippen molar-refractivity contribution >= 4 is 12.3 Å². The average Bonchev–Trinajstić information content (AvgIpc) is 2.16. The fourth-order valence-corrected chi connectivity index (χ4v) is 1.37. The van der Waals surface area contributed by atoms with Crippen LogP contribution in [0.15, 0.2) is 16.8 Å². The second-order valence-corrected chi connectivity index (χ2v) is 4.70. The molecule has 0 fully saturated rings. The highest BCUT2D eigenvalue weighted by Gasteiger charge is 2.23. The summed E-state index contributed by atoms with van der Waals surface area (Å²) in [5.41, 5.74) is 0.468. The summed E-state index contributed by atoms with van der Waals surface area (Å²) in [6, 6.07) is 0. The number of rotatable bonds is 1. The first-order valence-electron chi connectivity index (χ1n) is 5.27. The fraction of sp³-hybridized carbons (Fsp3) is 0.636. The lowest BCUT2D eigenvalue weighted by Gasteiger charge is -2.28. The van der Waals surface area contributed by atoms with Gasteiger partial charge in [0.25, 0.3) is 0 Å². The molecule has 5 nitrogen and oxygen atoms in total. The highest BCUT2D eigenvalue weighted by molar-refractivity contribution is 5.79. The minimum absolute atomic E-state index is 0.302. The molecule has 1 heterocycles. The van der Waals surface area contributed by atoms with E-state index in [9.17, 15) is 4.79 Å². The van der Waals surface area contributed by atoms with Gasteiger partial charge in [-0.25, -0.2) is 4.79 Å². The van der Waals surface area contributed by atoms with Crippen molar-refractivity contribution in [3.8, 4) is 0 Å². The number of hydrogen-bond donors (Lipinski definition) is 1. The van der Waals surface area contributed by atoms with Crippen molar-refractivity contribution in [3.63, 3.8) is 0 Å². The van der Waals surface area contributed by atoms with Gasteiger partial charge in [-0.3, -0.25) is 0 Å². The third-order valence-corrected chi connectivity index (χ3v) is 2.12. The third kappa shape index (κ3) is 3.92. The summed E-state index contributed by atoms with van der Waals surface area (Å²) < 4.78 is 5.25. The van der Waals surface area contributed by atoms with Crippen molar-refractivity contribution in [1.29, 1.82) is 0 Å². The van der Waals surface area contributed by atoms with E-state index in [1.807, 2.05) is 26.8 Å². The highest BCUT2D eigenvalue weighted by Crippen LogP contribution is 2.14. The van der Waals surface area contributed by atoms with Gasteiger partial charge >= 0.3 is 6.09 Å². The van der Waals surface area contributed by atoms with Crippen molar-refractivity contribution < 1.29 is 14.7 Å². The zero-order valence-corrected chi connectivity index (χ0v) is 9.93. The number of amides is 1. The SMILES string of the molecule is CC(C)(C)OC(=O)N1CC=C(/C=N/O)CC1. The molecule has 0 spiro atoms. The smallest absolute Gasteiger partial charge is 0.410 e. The first-order valence-corrected chi connectivity index (χ1v) is 5.27. The molecule has 0 radical (unpaired) electrons. The molecule has 1 rings (SSSR count). The largest absolute Gasteiger partial charge is 0.444 e. The van der Waals surface area contributed by atoms with Crippen LogP contribution in [0.2, 0.25) is 0 Å². The molecule has 0 saturated heterocycles. The van der Waals surface area contributed by atoms with Crippen molar-refractivity contribution in [2.24, 2.45) is 5.16 Å². The van der Waals surface area contributed by atoms with Crippen LogP contribution >= 0.6 is 0 Å². The Labute approximate surface area is 95.4 Å². The minimum atomic E-state index is -0.465. The Balaban J connectivity index is 2.51. The number of ether oxygens (including phenoxy) is 1. The summed E-state index contributed by atoms with van der Waals surface area (Å²) in [5, 5.41) is 11.3. The average molecular weight is 226 g/mol. The summed E-state index contributed by atoms with van der Waals surface area (Å²) in [6.07, 6.45) is 3.63. The molecular weight excluding hydrogens is 208 g/mol. The molecule has 0 aromatic rings. The van der Waals surface area contributed by atoms with Gasteiger partial charge in [0.15, 0.2) is 0 Å². The minimum Gasteiger partial charge on any atom is -0.444 e. The molecule has 1 amide bonds. The van der Waals surface area contributed by atoms with Crippen LogP contribution < -0.4 is 0 Å². The quantitative estimate of drug-likeness (QED) is 0.422. The second kappa shape index (κ2) is 5.01. The van der Waals surface area contributed by atoms with Crippen molar-refractivity contribution in [2.75, 3.05) is 13.1 Å². The Morgan fingerprint density at radius 1 is 1.62 bits per heavy atom. The van der Waals surface area contributed by atoms with Crippen molar-refractivity contribution in [3.05, 3.63) is 11.6 Å². The van der Waals surface area contributed by atoms with Crippen LogP contribution in [0.1, 0.15) is 27.2 Å². The molecule has 0 aromatic heterocycles. The Kier molecular flexibility index (Phi) is 3.93. The molecule has 1 N–H and O–H groups in total. The maximum Gasteiger partial charge on any atom is 0.410 e. The molecule has 1 aliphatic heterocycles. The van der Waals surface area contributed by atoms with Gasteiger partial charge in [0.05, 0.1) is 6.21 Å². The van der Waals surface area contributed by atoms with Gasteiger partial charge in [-0.15, -0.1) is 0 Å². The van der Waals surface area contributed by atoms with Crippen LogP contribution in [0, 0.1) is 0 Å². The molecule has 0 aromatic carbocycles. The highest BCUT2D eigenvalue weighted by atomic mass is 16.6. The van der Waals surface area contributed by atoms with Crippen LogP contribution in [0.4, 0.5) is 4.79 Å². The van der Waals surface area contributed by atoms with Crippen molar-refractivity contribution in [1.82, 2.24) is 4.90 Å². The van der Waals surface area contributed by atoms with E-state index < -0.39 is 5.60 Å². The summed E-state index contributed by atoms with van der Waals surface area (Å²) in [7, 11) is 0. The van der Waals surface area contributed by atoms with Gasteiger partial charge in [-0.2, -0.15) is 0 Å². The molecule has 0 atom stereocenters. The van der Waals surface area contributed by atoms with E-state index >= 15 is 0 Å². The number of nitrogens with zero attached hydrogens (tertiary/aromatic N) is 2. The van der Waals surface area contributed by atoms with Gasteiger partial charge in [0.1, 0.15) is 5.60 Å². The predicted molar refractivity (Wildman–Crippen MR) is 60.8 cm³/mol. The summed E-state index contributed by atoms with van der Waals surface area (Å²) in [5.74, 6) is 0. The first-order chi connectivity index (χ1) is 7.42. The normalized spacial score (nSPS) is 17.4. The van der Waals surface area contributed by atoms with Gasteiger partial charge in [-0.05, 0) is 32.8 Å². The lowest BCUT2D eigenvalue weighted by molar-refractivity contribution is 0.0267. The van der Waals surface area contributed by atoms with Crippen LogP contribution in [0.25, 0.3) is 0 Å². The predicted octanol–water partition coefficient (Wildman–Crippen LogP) is 2.01. The number of oxime groups is 1. The lowest BCUT2D eigenvalue weighted by atomic mass is 10.1. The molecule has 90 valence electrons. The van der Waals surface area contributed by atoms with Crippen LogP contribution in [-0.2, 0) is 4.74 Å². The lowest BCUT2D eigenvalue weighted by Crippen LogP contribution is -2.39. The molecular formula is C11H18N2O3. The van der Waals surface area contributed by atoms with E-state index in [1.165, 1.54) is 6.21 Å². The van der Waals surface area contributed by atoms with Crippen LogP contribution in [0.3, 0.4) is 0 Å². The zero-order chi connectivity index (χ0) is 12.2. The van der Waals surface area contributed by atoms with Gasteiger partial charge in [0, 0.05) is 13.1 Å². The van der Waals surface area contributed by atoms with E-state index in [2.05, 4.69) is 5.16 Å². The third-order valence-electron chi connectivity index (χ3n) is 2.12. The maximum atomic E-state index is 11.7. The van der Waals surface area contributed by atoms with Gasteiger partial charge in [0.2, 0.25) is 0 Å². The molecule has 0 saturated carbocycles. The second-order valence-electron chi connectivity index (χ2n) is 4.70. The van der Waals surface area contributed by atoms with Crippen LogP contribution in [0.5, 0.6) is 0 Å². The van der Waals surface area contributed by atoms with E-state index in [-0.39, 0.29) is 6.09 Å². The van der Waals surface area contributed by atoms with Gasteiger partial charge in [-0.1, -0.05) is 11.2 Å². The molecule has 0 aliphatic carbocycles. The Bertz CT molecular complexity index is 316. The van der Waals surface area contributed by atoms with Gasteiger partial charge < -0.3 is 14.8 Å². The first kappa shape index (κ1) is 12.5. The maximum absolute atomic E-state index is 11.7. The molecule has 16 heavy (non-hydrogen) atoms. The topological polar surface area (TPSA) is 62.1 Å². The number of carbonyl (C=O) groups is 1. The molecule has 1 aliphatic rings. The number of carbonyl (C=O) groups excluding carboxylic acids is 1. The van der Waals surface area contributed by atoms with Crippen LogP contribution in [-0.4, -0.2) is 41.1 Å². The standard InChI is InChI=1S/C11H18N2O3/c1-11(2,3)16-10(14)13-6-4-9(5-7-13)8-12-15/h4,8,15H,5-7H2,1-3H3/b12-8+. The van der Waals surface area contributed by atoms with Crippen molar-refractivity contribution in [2.45, 2.75) is 32.8 Å². The van der Waals surface area contributed by atoms with E-state index in [0.29, 0.717) is 19.5 Å². The summed E-state index contributed by atoms with van der Waals surface area (Å²) in [4.78, 5) is 13.3. The Hall–Kier alpha value is -1.52. The Morgan fingerprint density at radius 2 is 2.31 bits per heavy atom. The molecule has 0 unspecified atom stereocenters. The summed E-state index contributed by atoms with van der Waals surface area (Å²) in [6.45, 7) is 6.61. The Morgan fingerprint density at radius 3 is 2.75 bits per heavy atom. The molecule has 0 bridgehead atoms.